The molecule has 1 N–H and O–H groups in total. The summed E-state index contributed by atoms with van der Waals surface area (Å²) >= 11 is 0. The lowest BCUT2D eigenvalue weighted by molar-refractivity contribution is -0.138. The molecule has 1 aliphatic heterocycles. The Bertz CT molecular complexity index is 650. The molecule has 1 amide bonds. The number of aryl methyl sites for hydroxylation is 1. The van der Waals surface area contributed by atoms with Crippen LogP contribution in [0.3, 0.4) is 0 Å². The largest absolute Gasteiger partial charge is 0.419 e. The Morgan fingerprint density at radius 1 is 1.43 bits per heavy atom. The summed E-state index contributed by atoms with van der Waals surface area (Å²) in [5, 5.41) is 13.9. The van der Waals surface area contributed by atoms with Crippen LogP contribution in [0.15, 0.2) is 16.4 Å². The highest BCUT2D eigenvalue weighted by Gasteiger charge is 2.39. The van der Waals surface area contributed by atoms with Crippen molar-refractivity contribution in [1.82, 2.24) is 15.1 Å². The zero-order valence-electron chi connectivity index (χ0n) is 12.5. The number of halogens is 3. The molecule has 1 aromatic rings. The summed E-state index contributed by atoms with van der Waals surface area (Å²) in [6.45, 7) is -0.240. The number of aromatic nitrogens is 2. The molecule has 1 aliphatic rings. The molecule has 9 heteroatoms. The van der Waals surface area contributed by atoms with Crippen LogP contribution in [0, 0.1) is 12.3 Å². The molecule has 2 rings (SSSR count). The quantitative estimate of drug-likeness (QED) is 0.781. The summed E-state index contributed by atoms with van der Waals surface area (Å²) in [5.41, 5.74) is -1.51. The first kappa shape index (κ1) is 17.0. The summed E-state index contributed by atoms with van der Waals surface area (Å²) in [5.74, 6) is 2.12. The normalized spacial score (nSPS) is 15.3. The van der Waals surface area contributed by atoms with Crippen LogP contribution in [-0.4, -0.2) is 21.4 Å². The predicted octanol–water partition coefficient (Wildman–Crippen LogP) is 2.41. The SMILES string of the molecule is C#CCCC1(CCC(=O)NCc2c(C(F)(F)F)cnn2C)N=N1. The van der Waals surface area contributed by atoms with E-state index in [4.69, 9.17) is 6.42 Å². The highest BCUT2D eigenvalue weighted by Crippen LogP contribution is 2.37. The number of alkyl halides is 3. The molecular formula is C14H16F3N5O. The maximum atomic E-state index is 12.8. The number of hydrogen-bond acceptors (Lipinski definition) is 4. The van der Waals surface area contributed by atoms with Crippen molar-refractivity contribution >= 4 is 5.91 Å². The molecule has 0 spiro atoms. The minimum Gasteiger partial charge on any atom is -0.350 e. The van der Waals surface area contributed by atoms with Crippen molar-refractivity contribution in [2.24, 2.45) is 17.3 Å². The standard InChI is InChI=1S/C14H16F3N5O/c1-3-4-6-13(20-21-13)7-5-12(23)18-9-11-10(14(15,16)17)8-19-22(11)2/h1,8H,4-7,9H2,2H3,(H,18,23). The van der Waals surface area contributed by atoms with Gasteiger partial charge >= 0.3 is 6.18 Å². The molecule has 124 valence electrons. The van der Waals surface area contributed by atoms with Crippen molar-refractivity contribution in [2.45, 2.75) is 44.1 Å². The molecule has 6 nitrogen and oxygen atoms in total. The van der Waals surface area contributed by atoms with E-state index in [1.807, 2.05) is 0 Å². The van der Waals surface area contributed by atoms with Gasteiger partial charge in [0.15, 0.2) is 5.66 Å². The fourth-order valence-corrected chi connectivity index (χ4v) is 2.16. The first-order chi connectivity index (χ1) is 10.8. The molecule has 0 saturated heterocycles. The van der Waals surface area contributed by atoms with Crippen LogP contribution in [-0.2, 0) is 24.6 Å². The summed E-state index contributed by atoms with van der Waals surface area (Å²) in [6.07, 6.45) is 3.03. The van der Waals surface area contributed by atoms with Gasteiger partial charge in [-0.2, -0.15) is 28.5 Å². The highest BCUT2D eigenvalue weighted by atomic mass is 19.4. The van der Waals surface area contributed by atoms with E-state index in [-0.39, 0.29) is 24.6 Å². The third-order valence-corrected chi connectivity index (χ3v) is 3.62. The van der Waals surface area contributed by atoms with Crippen LogP contribution in [0.4, 0.5) is 13.2 Å². The van der Waals surface area contributed by atoms with E-state index in [2.05, 4.69) is 26.6 Å². The van der Waals surface area contributed by atoms with Crippen LogP contribution < -0.4 is 5.32 Å². The molecule has 0 fully saturated rings. The summed E-state index contributed by atoms with van der Waals surface area (Å²) in [6, 6.07) is 0. The van der Waals surface area contributed by atoms with Gasteiger partial charge in [0.05, 0.1) is 24.0 Å². The summed E-state index contributed by atoms with van der Waals surface area (Å²) < 4.78 is 39.5. The van der Waals surface area contributed by atoms with Gasteiger partial charge in [-0.3, -0.25) is 9.48 Å². The molecule has 0 unspecified atom stereocenters. The van der Waals surface area contributed by atoms with Crippen LogP contribution in [0.2, 0.25) is 0 Å². The van der Waals surface area contributed by atoms with Gasteiger partial charge in [-0.1, -0.05) is 0 Å². The van der Waals surface area contributed by atoms with E-state index in [0.717, 1.165) is 10.9 Å². The van der Waals surface area contributed by atoms with Crippen molar-refractivity contribution in [3.05, 3.63) is 17.5 Å². The third kappa shape index (κ3) is 4.31. The predicted molar refractivity (Wildman–Crippen MR) is 74.9 cm³/mol. The van der Waals surface area contributed by atoms with Crippen molar-refractivity contribution in [2.75, 3.05) is 0 Å². The number of hydrogen-bond donors (Lipinski definition) is 1. The van der Waals surface area contributed by atoms with Gasteiger partial charge in [0, 0.05) is 32.7 Å². The number of amides is 1. The fraction of sp³-hybridized carbons (Fsp3) is 0.571. The topological polar surface area (TPSA) is 71.6 Å². The molecule has 0 aromatic carbocycles. The average Bonchev–Trinajstić information content (AvgIpc) is 3.15. The van der Waals surface area contributed by atoms with Gasteiger partial charge in [0.25, 0.3) is 0 Å². The Kier molecular flexibility index (Phi) is 4.73. The van der Waals surface area contributed by atoms with Crippen molar-refractivity contribution in [3.8, 4) is 12.3 Å². The number of nitrogens with one attached hydrogen (secondary N) is 1. The first-order valence-electron chi connectivity index (χ1n) is 7.00. The number of terminal acetylenes is 1. The molecule has 0 saturated carbocycles. The van der Waals surface area contributed by atoms with Crippen molar-refractivity contribution in [3.63, 3.8) is 0 Å². The first-order valence-corrected chi connectivity index (χ1v) is 7.00. The molecular weight excluding hydrogens is 311 g/mol. The smallest absolute Gasteiger partial charge is 0.350 e. The third-order valence-electron chi connectivity index (χ3n) is 3.62. The Morgan fingerprint density at radius 2 is 2.13 bits per heavy atom. The van der Waals surface area contributed by atoms with Crippen LogP contribution in [0.5, 0.6) is 0 Å². The average molecular weight is 327 g/mol. The Hall–Kier alpha value is -2.37. The van der Waals surface area contributed by atoms with E-state index in [1.165, 1.54) is 7.05 Å². The second kappa shape index (κ2) is 6.40. The Morgan fingerprint density at radius 3 is 2.70 bits per heavy atom. The minimum atomic E-state index is -4.50. The summed E-state index contributed by atoms with van der Waals surface area (Å²) in [7, 11) is 1.40. The lowest BCUT2D eigenvalue weighted by atomic mass is 10.0. The molecule has 2 heterocycles. The number of carbonyl (C=O) groups excluding carboxylic acids is 1. The van der Waals surface area contributed by atoms with Crippen LogP contribution in [0.1, 0.15) is 36.9 Å². The molecule has 0 bridgehead atoms. The molecule has 0 aliphatic carbocycles. The maximum Gasteiger partial charge on any atom is 0.419 e. The Balaban J connectivity index is 1.84. The van der Waals surface area contributed by atoms with E-state index in [1.54, 1.807) is 0 Å². The van der Waals surface area contributed by atoms with Crippen molar-refractivity contribution in [1.29, 1.82) is 0 Å². The maximum absolute atomic E-state index is 12.8. The van der Waals surface area contributed by atoms with Gasteiger partial charge in [0.2, 0.25) is 5.91 Å². The van der Waals surface area contributed by atoms with E-state index >= 15 is 0 Å². The van der Waals surface area contributed by atoms with E-state index in [0.29, 0.717) is 19.3 Å². The van der Waals surface area contributed by atoms with Gasteiger partial charge in [-0.15, -0.1) is 12.3 Å². The number of nitrogens with zero attached hydrogens (tertiary/aromatic N) is 4. The Labute approximate surface area is 131 Å². The van der Waals surface area contributed by atoms with E-state index in [9.17, 15) is 18.0 Å². The van der Waals surface area contributed by atoms with Crippen molar-refractivity contribution < 1.29 is 18.0 Å². The van der Waals surface area contributed by atoms with Gasteiger partial charge in [-0.25, -0.2) is 0 Å². The second-order valence-electron chi connectivity index (χ2n) is 5.29. The number of carbonyl (C=O) groups is 1. The lowest BCUT2D eigenvalue weighted by Gasteiger charge is -2.11. The highest BCUT2D eigenvalue weighted by molar-refractivity contribution is 5.76. The van der Waals surface area contributed by atoms with Crippen LogP contribution in [0.25, 0.3) is 0 Å². The molecule has 23 heavy (non-hydrogen) atoms. The number of rotatable bonds is 7. The van der Waals surface area contributed by atoms with E-state index < -0.39 is 17.4 Å². The molecule has 1 aromatic heterocycles. The minimum absolute atomic E-state index is 0.0892. The van der Waals surface area contributed by atoms with Gasteiger partial charge in [-0.05, 0) is 0 Å². The second-order valence-corrected chi connectivity index (χ2v) is 5.29. The molecule has 0 atom stereocenters. The van der Waals surface area contributed by atoms with Gasteiger partial charge < -0.3 is 5.32 Å². The zero-order valence-corrected chi connectivity index (χ0v) is 12.5. The summed E-state index contributed by atoms with van der Waals surface area (Å²) in [4.78, 5) is 11.8. The fourth-order valence-electron chi connectivity index (χ4n) is 2.16. The lowest BCUT2D eigenvalue weighted by Crippen LogP contribution is -2.27. The zero-order chi connectivity index (χ0) is 17.1. The van der Waals surface area contributed by atoms with Gasteiger partial charge in [0.1, 0.15) is 0 Å². The monoisotopic (exact) mass is 327 g/mol. The van der Waals surface area contributed by atoms with Crippen LogP contribution >= 0.6 is 0 Å². The molecule has 0 radical (unpaired) electrons.